The van der Waals surface area contributed by atoms with Gasteiger partial charge in [0.1, 0.15) is 11.7 Å². The van der Waals surface area contributed by atoms with E-state index in [1.165, 1.54) is 13.8 Å². The first-order chi connectivity index (χ1) is 13.2. The largest absolute Gasteiger partial charge is 0.461 e. The minimum Gasteiger partial charge on any atom is -0.461 e. The molecule has 28 heavy (non-hydrogen) atoms. The smallest absolute Gasteiger partial charge is 0.303 e. The zero-order chi connectivity index (χ0) is 20.5. The maximum Gasteiger partial charge on any atom is 0.303 e. The number of carbonyl (C=O) groups is 4. The molecule has 3 rings (SSSR count). The van der Waals surface area contributed by atoms with Crippen molar-refractivity contribution in [1.29, 1.82) is 0 Å². The highest BCUT2D eigenvalue weighted by atomic mass is 16.6. The molecule has 154 valence electrons. The molecule has 0 aromatic rings. The average Bonchev–Trinajstić information content (AvgIpc) is 2.88. The van der Waals surface area contributed by atoms with E-state index in [2.05, 4.69) is 0 Å². The maximum atomic E-state index is 13.0. The van der Waals surface area contributed by atoms with Crippen molar-refractivity contribution in [2.24, 2.45) is 11.3 Å². The van der Waals surface area contributed by atoms with E-state index in [1.807, 2.05) is 13.0 Å². The first kappa shape index (κ1) is 20.6. The van der Waals surface area contributed by atoms with Crippen LogP contribution in [0, 0.1) is 11.3 Å². The fourth-order valence-corrected chi connectivity index (χ4v) is 5.61. The van der Waals surface area contributed by atoms with Crippen LogP contribution in [-0.2, 0) is 28.7 Å². The molecule has 0 radical (unpaired) electrons. The molecule has 0 aromatic heterocycles. The molecule has 2 aliphatic carbocycles. The van der Waals surface area contributed by atoms with Crippen molar-refractivity contribution in [2.75, 3.05) is 13.1 Å². The molecular formula is C21H29NO6. The number of Topliss-reactive ketones (excluding diaryl/α,β-unsaturated/α-hetero) is 1. The Balaban J connectivity index is 2.03. The summed E-state index contributed by atoms with van der Waals surface area (Å²) in [7, 11) is 0. The van der Waals surface area contributed by atoms with Gasteiger partial charge in [-0.25, -0.2) is 0 Å². The van der Waals surface area contributed by atoms with Crippen LogP contribution in [0.3, 0.4) is 0 Å². The molecule has 1 amide bonds. The number of ether oxygens (including phenoxy) is 2. The third-order valence-electron chi connectivity index (χ3n) is 6.48. The van der Waals surface area contributed by atoms with Crippen LogP contribution in [-0.4, -0.2) is 53.8 Å². The summed E-state index contributed by atoms with van der Waals surface area (Å²) >= 11 is 0. The Labute approximate surface area is 165 Å². The highest BCUT2D eigenvalue weighted by molar-refractivity contribution is 6.00. The Kier molecular flexibility index (Phi) is 5.64. The van der Waals surface area contributed by atoms with Gasteiger partial charge in [-0.1, -0.05) is 6.08 Å². The summed E-state index contributed by atoms with van der Waals surface area (Å²) in [5, 5.41) is 0. The second-order valence-corrected chi connectivity index (χ2v) is 8.57. The van der Waals surface area contributed by atoms with Crippen LogP contribution >= 0.6 is 0 Å². The standard InChI is InChI=1S/C21H29NO6/c1-14(24)27-19-12-20(3,28-15(2)25)11-16-10-18(26)17-6-4-8-22(13-23)9-5-7-21(16,17)19/h6,13,16,19H,4-5,7-12H2,1-3H3. The van der Waals surface area contributed by atoms with E-state index in [9.17, 15) is 19.2 Å². The number of nitrogens with zero attached hydrogens (tertiary/aromatic N) is 1. The molecular weight excluding hydrogens is 362 g/mol. The van der Waals surface area contributed by atoms with Gasteiger partial charge in [-0.05, 0) is 38.5 Å². The fraction of sp³-hybridized carbons (Fsp3) is 0.714. The molecule has 0 N–H and O–H groups in total. The number of esters is 2. The summed E-state index contributed by atoms with van der Waals surface area (Å²) in [6.07, 6.45) is 5.53. The molecule has 3 aliphatic rings. The van der Waals surface area contributed by atoms with E-state index in [1.54, 1.807) is 4.90 Å². The lowest BCUT2D eigenvalue weighted by atomic mass is 9.58. The fourth-order valence-electron chi connectivity index (χ4n) is 5.61. The SMILES string of the molecule is CC(=O)OC1CC(C)(OC(C)=O)CC2CC(=O)C3=CCCN(C=O)CCCC321. The monoisotopic (exact) mass is 391 g/mol. The molecule has 7 heteroatoms. The van der Waals surface area contributed by atoms with Crippen molar-refractivity contribution in [2.45, 2.75) is 71.0 Å². The number of hydrogen-bond donors (Lipinski definition) is 0. The third kappa shape index (κ3) is 3.71. The molecule has 2 saturated carbocycles. The quantitative estimate of drug-likeness (QED) is 0.541. The van der Waals surface area contributed by atoms with Gasteiger partial charge in [0.2, 0.25) is 6.41 Å². The van der Waals surface area contributed by atoms with Crippen molar-refractivity contribution in [3.63, 3.8) is 0 Å². The Bertz CT molecular complexity index is 716. The Morgan fingerprint density at radius 1 is 1.21 bits per heavy atom. The molecule has 0 saturated heterocycles. The van der Waals surface area contributed by atoms with Crippen molar-refractivity contribution >= 4 is 24.1 Å². The molecule has 1 heterocycles. The van der Waals surface area contributed by atoms with Gasteiger partial charge in [0.15, 0.2) is 5.78 Å². The first-order valence-corrected chi connectivity index (χ1v) is 10.0. The van der Waals surface area contributed by atoms with Crippen molar-refractivity contribution < 1.29 is 28.7 Å². The van der Waals surface area contributed by atoms with Crippen LogP contribution < -0.4 is 0 Å². The topological polar surface area (TPSA) is 90.0 Å². The highest BCUT2D eigenvalue weighted by Gasteiger charge is 2.62. The second kappa shape index (κ2) is 7.68. The number of carbonyl (C=O) groups excluding carboxylic acids is 4. The van der Waals surface area contributed by atoms with E-state index in [0.717, 1.165) is 18.4 Å². The molecule has 1 aliphatic heterocycles. The minimum absolute atomic E-state index is 0.0588. The summed E-state index contributed by atoms with van der Waals surface area (Å²) in [5.74, 6) is -0.764. The van der Waals surface area contributed by atoms with Crippen molar-refractivity contribution in [3.05, 3.63) is 11.6 Å². The lowest BCUT2D eigenvalue weighted by molar-refractivity contribution is -0.185. The maximum absolute atomic E-state index is 13.0. The molecule has 0 aromatic carbocycles. The van der Waals surface area contributed by atoms with Gasteiger partial charge in [0.05, 0.1) is 0 Å². The van der Waals surface area contributed by atoms with Gasteiger partial charge in [-0.2, -0.15) is 0 Å². The molecule has 7 nitrogen and oxygen atoms in total. The molecule has 4 unspecified atom stereocenters. The zero-order valence-corrected chi connectivity index (χ0v) is 16.9. The predicted molar refractivity (Wildman–Crippen MR) is 100 cm³/mol. The first-order valence-electron chi connectivity index (χ1n) is 10.0. The van der Waals surface area contributed by atoms with E-state index in [-0.39, 0.29) is 17.7 Å². The van der Waals surface area contributed by atoms with Gasteiger partial charge < -0.3 is 14.4 Å². The van der Waals surface area contributed by atoms with Crippen LogP contribution in [0.25, 0.3) is 0 Å². The molecule has 1 spiro atoms. The zero-order valence-electron chi connectivity index (χ0n) is 16.9. The van der Waals surface area contributed by atoms with Crippen LogP contribution in [0.15, 0.2) is 11.6 Å². The minimum atomic E-state index is -0.773. The second-order valence-electron chi connectivity index (χ2n) is 8.57. The number of hydrogen-bond acceptors (Lipinski definition) is 6. The van der Waals surface area contributed by atoms with Gasteiger partial charge >= 0.3 is 11.9 Å². The number of amides is 1. The van der Waals surface area contributed by atoms with Crippen molar-refractivity contribution in [3.8, 4) is 0 Å². The van der Waals surface area contributed by atoms with Gasteiger partial charge in [-0.15, -0.1) is 0 Å². The van der Waals surface area contributed by atoms with Gasteiger partial charge in [0.25, 0.3) is 0 Å². The normalized spacial score (nSPS) is 35.5. The summed E-state index contributed by atoms with van der Waals surface area (Å²) in [6, 6.07) is 0. The van der Waals surface area contributed by atoms with E-state index in [4.69, 9.17) is 9.47 Å². The lowest BCUT2D eigenvalue weighted by Gasteiger charge is -2.51. The Morgan fingerprint density at radius 3 is 2.61 bits per heavy atom. The van der Waals surface area contributed by atoms with Crippen LogP contribution in [0.4, 0.5) is 0 Å². The Hall–Kier alpha value is -2.18. The third-order valence-corrected chi connectivity index (χ3v) is 6.48. The predicted octanol–water partition coefficient (Wildman–Crippen LogP) is 2.18. The van der Waals surface area contributed by atoms with Crippen molar-refractivity contribution in [1.82, 2.24) is 4.90 Å². The van der Waals surface area contributed by atoms with Gasteiger partial charge in [0, 0.05) is 50.8 Å². The van der Waals surface area contributed by atoms with E-state index in [0.29, 0.717) is 45.2 Å². The van der Waals surface area contributed by atoms with Crippen LogP contribution in [0.2, 0.25) is 0 Å². The number of ketones is 1. The van der Waals surface area contributed by atoms with E-state index < -0.39 is 23.1 Å². The van der Waals surface area contributed by atoms with Crippen LogP contribution in [0.1, 0.15) is 59.3 Å². The average molecular weight is 391 g/mol. The summed E-state index contributed by atoms with van der Waals surface area (Å²) < 4.78 is 11.4. The lowest BCUT2D eigenvalue weighted by Crippen LogP contribution is -2.54. The van der Waals surface area contributed by atoms with Gasteiger partial charge in [-0.3, -0.25) is 19.2 Å². The summed E-state index contributed by atoms with van der Waals surface area (Å²) in [6.45, 7) is 5.78. The Morgan fingerprint density at radius 2 is 1.96 bits per heavy atom. The molecule has 2 fully saturated rings. The highest BCUT2D eigenvalue weighted by Crippen LogP contribution is 2.60. The summed E-state index contributed by atoms with van der Waals surface area (Å²) in [4.78, 5) is 49.5. The molecule has 4 atom stereocenters. The molecule has 0 bridgehead atoms. The number of rotatable bonds is 3. The summed E-state index contributed by atoms with van der Waals surface area (Å²) in [5.41, 5.74) is -0.604. The van der Waals surface area contributed by atoms with E-state index >= 15 is 0 Å². The van der Waals surface area contributed by atoms with Crippen LogP contribution in [0.5, 0.6) is 0 Å².